The van der Waals surface area contributed by atoms with Crippen molar-refractivity contribution < 1.29 is 16.8 Å². The van der Waals surface area contributed by atoms with E-state index in [1.54, 1.807) is 37.3 Å². The average molecular weight is 459 g/mol. The number of rotatable bonds is 5. The quantitative estimate of drug-likeness (QED) is 0.610. The van der Waals surface area contributed by atoms with Gasteiger partial charge in [0.2, 0.25) is 10.0 Å². The second-order valence-corrected chi connectivity index (χ2v) is 11.5. The molecular weight excluding hydrogens is 432 g/mol. The summed E-state index contributed by atoms with van der Waals surface area (Å²) in [7, 11) is -7.56. The third-order valence-electron chi connectivity index (χ3n) is 5.65. The van der Waals surface area contributed by atoms with Crippen LogP contribution in [0.1, 0.15) is 31.2 Å². The molecule has 1 saturated heterocycles. The van der Waals surface area contributed by atoms with Crippen molar-refractivity contribution in [2.24, 2.45) is 0 Å². The first-order chi connectivity index (χ1) is 14.8. The minimum Gasteiger partial charge on any atom is -0.280 e. The minimum absolute atomic E-state index is 0.128. The second-order valence-electron chi connectivity index (χ2n) is 7.91. The van der Waals surface area contributed by atoms with Crippen LogP contribution in [0.5, 0.6) is 0 Å². The van der Waals surface area contributed by atoms with Crippen LogP contribution < -0.4 is 4.72 Å². The minimum atomic E-state index is -3.87. The van der Waals surface area contributed by atoms with E-state index < -0.39 is 20.0 Å². The molecule has 0 unspecified atom stereocenters. The van der Waals surface area contributed by atoms with E-state index >= 15 is 0 Å². The number of aryl methyl sites for hydroxylation is 1. The van der Waals surface area contributed by atoms with Gasteiger partial charge in [-0.15, -0.1) is 0 Å². The Morgan fingerprint density at radius 2 is 1.45 bits per heavy atom. The van der Waals surface area contributed by atoms with E-state index in [1.807, 2.05) is 24.3 Å². The van der Waals surface area contributed by atoms with Gasteiger partial charge in [-0.1, -0.05) is 49.2 Å². The lowest BCUT2D eigenvalue weighted by molar-refractivity contribution is 0.423. The highest BCUT2D eigenvalue weighted by Crippen LogP contribution is 2.27. The van der Waals surface area contributed by atoms with Crippen LogP contribution in [0.3, 0.4) is 0 Å². The summed E-state index contributed by atoms with van der Waals surface area (Å²) in [5.41, 5.74) is 0.824. The Bertz CT molecular complexity index is 1310. The van der Waals surface area contributed by atoms with Gasteiger partial charge in [0, 0.05) is 13.1 Å². The zero-order valence-corrected chi connectivity index (χ0v) is 19.0. The van der Waals surface area contributed by atoms with Crippen LogP contribution in [-0.2, 0) is 20.0 Å². The summed E-state index contributed by atoms with van der Waals surface area (Å²) in [6, 6.07) is 17.1. The molecule has 0 atom stereocenters. The van der Waals surface area contributed by atoms with Crippen LogP contribution in [0.2, 0.25) is 0 Å². The SMILES string of the molecule is Cc1ccc(NS(=O)(=O)c2ccc3ccccc3c2)cc1S(=O)(=O)N1CCCCCC1. The molecule has 8 heteroatoms. The number of fused-ring (bicyclic) bond motifs is 1. The molecule has 1 aliphatic rings. The first-order valence-electron chi connectivity index (χ1n) is 10.4. The monoisotopic (exact) mass is 458 g/mol. The van der Waals surface area contributed by atoms with E-state index in [9.17, 15) is 16.8 Å². The van der Waals surface area contributed by atoms with E-state index in [2.05, 4.69) is 4.72 Å². The van der Waals surface area contributed by atoms with Crippen LogP contribution in [-0.4, -0.2) is 34.2 Å². The molecule has 4 rings (SSSR count). The largest absolute Gasteiger partial charge is 0.280 e. The molecular formula is C23H26N2O4S2. The van der Waals surface area contributed by atoms with Crippen molar-refractivity contribution in [3.63, 3.8) is 0 Å². The molecule has 1 fully saturated rings. The van der Waals surface area contributed by atoms with Crippen molar-refractivity contribution >= 4 is 36.5 Å². The maximum absolute atomic E-state index is 13.2. The number of hydrogen-bond acceptors (Lipinski definition) is 4. The lowest BCUT2D eigenvalue weighted by atomic mass is 10.1. The van der Waals surface area contributed by atoms with Crippen LogP contribution in [0.15, 0.2) is 70.5 Å². The fourth-order valence-electron chi connectivity index (χ4n) is 3.91. The molecule has 0 bridgehead atoms. The van der Waals surface area contributed by atoms with Gasteiger partial charge >= 0.3 is 0 Å². The lowest BCUT2D eigenvalue weighted by Gasteiger charge is -2.21. The van der Waals surface area contributed by atoms with Crippen molar-refractivity contribution in [2.45, 2.75) is 42.4 Å². The summed E-state index contributed by atoms with van der Waals surface area (Å²) >= 11 is 0. The summed E-state index contributed by atoms with van der Waals surface area (Å²) in [5, 5.41) is 1.77. The van der Waals surface area contributed by atoms with Gasteiger partial charge in [0.05, 0.1) is 15.5 Å². The molecule has 1 N–H and O–H groups in total. The molecule has 1 heterocycles. The first-order valence-corrected chi connectivity index (χ1v) is 13.3. The van der Waals surface area contributed by atoms with E-state index in [0.717, 1.165) is 36.5 Å². The number of nitrogens with zero attached hydrogens (tertiary/aromatic N) is 1. The van der Waals surface area contributed by atoms with E-state index in [1.165, 1.54) is 10.4 Å². The molecule has 0 aliphatic carbocycles. The summed E-state index contributed by atoms with van der Waals surface area (Å²) < 4.78 is 56.5. The van der Waals surface area contributed by atoms with Crippen molar-refractivity contribution in [3.8, 4) is 0 Å². The Morgan fingerprint density at radius 1 is 0.774 bits per heavy atom. The summed E-state index contributed by atoms with van der Waals surface area (Å²) in [6.07, 6.45) is 3.73. The summed E-state index contributed by atoms with van der Waals surface area (Å²) in [6.45, 7) is 2.72. The predicted octanol–water partition coefficient (Wildman–Crippen LogP) is 4.51. The molecule has 0 saturated carbocycles. The maximum atomic E-state index is 13.2. The smallest absolute Gasteiger partial charge is 0.261 e. The van der Waals surface area contributed by atoms with Crippen molar-refractivity contribution in [1.82, 2.24) is 4.31 Å². The summed E-state index contributed by atoms with van der Waals surface area (Å²) in [5.74, 6) is 0. The number of benzene rings is 3. The molecule has 3 aromatic carbocycles. The maximum Gasteiger partial charge on any atom is 0.261 e. The normalized spacial score (nSPS) is 16.2. The standard InChI is InChI=1S/C23H26N2O4S2/c1-18-10-12-21(17-23(18)31(28,29)25-14-6-2-3-7-15-25)24-30(26,27)22-13-11-19-8-4-5-9-20(19)16-22/h4-5,8-13,16-17,24H,2-3,6-7,14-15H2,1H3. The molecule has 6 nitrogen and oxygen atoms in total. The lowest BCUT2D eigenvalue weighted by Crippen LogP contribution is -2.32. The zero-order valence-electron chi connectivity index (χ0n) is 17.4. The number of nitrogens with one attached hydrogen (secondary N) is 1. The number of hydrogen-bond donors (Lipinski definition) is 1. The molecule has 1 aliphatic heterocycles. The van der Waals surface area contributed by atoms with Gasteiger partial charge in [-0.05, 0) is 60.4 Å². The van der Waals surface area contributed by atoms with Crippen LogP contribution in [0.25, 0.3) is 10.8 Å². The van der Waals surface area contributed by atoms with Crippen LogP contribution >= 0.6 is 0 Å². The highest BCUT2D eigenvalue weighted by molar-refractivity contribution is 7.92. The third kappa shape index (κ3) is 4.61. The van der Waals surface area contributed by atoms with Gasteiger partial charge < -0.3 is 0 Å². The first kappa shape index (κ1) is 21.8. The van der Waals surface area contributed by atoms with Gasteiger partial charge in [-0.2, -0.15) is 4.31 Å². The van der Waals surface area contributed by atoms with Gasteiger partial charge in [0.1, 0.15) is 0 Å². The molecule has 3 aromatic rings. The molecule has 164 valence electrons. The molecule has 0 radical (unpaired) electrons. The Morgan fingerprint density at radius 3 is 2.16 bits per heavy atom. The van der Waals surface area contributed by atoms with Crippen molar-refractivity contribution in [2.75, 3.05) is 17.8 Å². The van der Waals surface area contributed by atoms with E-state index in [0.29, 0.717) is 18.7 Å². The van der Waals surface area contributed by atoms with Crippen molar-refractivity contribution in [3.05, 3.63) is 66.2 Å². The van der Waals surface area contributed by atoms with Crippen LogP contribution in [0, 0.1) is 6.92 Å². The zero-order chi connectivity index (χ0) is 22.1. The molecule has 0 aromatic heterocycles. The Kier molecular flexibility index (Phi) is 6.05. The summed E-state index contributed by atoms with van der Waals surface area (Å²) in [4.78, 5) is 0.275. The second kappa shape index (κ2) is 8.61. The highest BCUT2D eigenvalue weighted by Gasteiger charge is 2.27. The Balaban J connectivity index is 1.65. The fourth-order valence-corrected chi connectivity index (χ4v) is 6.76. The van der Waals surface area contributed by atoms with Gasteiger partial charge in [-0.25, -0.2) is 16.8 Å². The highest BCUT2D eigenvalue weighted by atomic mass is 32.2. The van der Waals surface area contributed by atoms with Crippen molar-refractivity contribution in [1.29, 1.82) is 0 Å². The predicted molar refractivity (Wildman–Crippen MR) is 123 cm³/mol. The van der Waals surface area contributed by atoms with Gasteiger partial charge in [0.15, 0.2) is 0 Å². The van der Waals surface area contributed by atoms with E-state index in [-0.39, 0.29) is 15.5 Å². The Hall–Kier alpha value is -2.42. The van der Waals surface area contributed by atoms with Gasteiger partial charge in [0.25, 0.3) is 10.0 Å². The Labute approximate surface area is 184 Å². The number of anilines is 1. The van der Waals surface area contributed by atoms with Gasteiger partial charge in [-0.3, -0.25) is 4.72 Å². The molecule has 0 spiro atoms. The van der Waals surface area contributed by atoms with Crippen LogP contribution in [0.4, 0.5) is 5.69 Å². The molecule has 31 heavy (non-hydrogen) atoms. The third-order valence-corrected chi connectivity index (χ3v) is 9.07. The fraction of sp³-hybridized carbons (Fsp3) is 0.304. The molecule has 0 amide bonds. The topological polar surface area (TPSA) is 83.5 Å². The van der Waals surface area contributed by atoms with E-state index in [4.69, 9.17) is 0 Å². The number of sulfonamides is 2. The average Bonchev–Trinajstić information content (AvgIpc) is 3.05.